The third-order valence-electron chi connectivity index (χ3n) is 6.51. The Bertz CT molecular complexity index is 527. The van der Waals surface area contributed by atoms with Gasteiger partial charge in [-0.2, -0.15) is 4.65 Å². The molecule has 0 saturated heterocycles. The summed E-state index contributed by atoms with van der Waals surface area (Å²) in [4.78, 5) is 23.8. The van der Waals surface area contributed by atoms with E-state index in [0.29, 0.717) is 25.2 Å². The molecular weight excluding hydrogens is 450 g/mol. The standard InChI is InChI=1S/C30H60N3O3/c1-32(2,3)27-22-26-31-30(35)25-19-17-15-13-11-9-7-6-8-10-12-14-16-18-23-29(34)24-20-21-28-33(4,5)36/h6-7,36H,8-28H2,1-5H3/q+1/p+1/b7-6+. The number of carbonyl (C=O) groups excluding carboxylic acids is 2. The van der Waals surface area contributed by atoms with E-state index >= 15 is 0 Å². The van der Waals surface area contributed by atoms with Gasteiger partial charge in [0.1, 0.15) is 12.3 Å². The minimum Gasteiger partial charge on any atom is -0.356 e. The van der Waals surface area contributed by atoms with Gasteiger partial charge in [0, 0.05) is 32.2 Å². The summed E-state index contributed by atoms with van der Waals surface area (Å²) in [6.07, 6.45) is 23.7. The van der Waals surface area contributed by atoms with Crippen molar-refractivity contribution in [1.29, 1.82) is 0 Å². The lowest BCUT2D eigenvalue weighted by atomic mass is 10.0. The lowest BCUT2D eigenvalue weighted by Crippen LogP contribution is -2.37. The highest BCUT2D eigenvalue weighted by atomic mass is 16.5. The fraction of sp³-hybridized carbons (Fsp3) is 0.867. The molecule has 6 heteroatoms. The third-order valence-corrected chi connectivity index (χ3v) is 6.51. The van der Waals surface area contributed by atoms with Crippen LogP contribution < -0.4 is 5.32 Å². The summed E-state index contributed by atoms with van der Waals surface area (Å²) in [5.74, 6) is 0.593. The molecule has 0 saturated carbocycles. The van der Waals surface area contributed by atoms with Crippen LogP contribution in [0, 0.1) is 0 Å². The van der Waals surface area contributed by atoms with Crippen LogP contribution in [0.25, 0.3) is 0 Å². The molecule has 0 aliphatic heterocycles. The number of ketones is 1. The highest BCUT2D eigenvalue weighted by molar-refractivity contribution is 5.78. The molecule has 0 aromatic carbocycles. The van der Waals surface area contributed by atoms with E-state index < -0.39 is 0 Å². The van der Waals surface area contributed by atoms with E-state index in [1.165, 1.54) is 51.4 Å². The molecule has 36 heavy (non-hydrogen) atoms. The Balaban J connectivity index is 3.34. The minimum absolute atomic E-state index is 0.0100. The molecule has 1 amide bonds. The second kappa shape index (κ2) is 21.8. The first kappa shape index (κ1) is 34.8. The molecule has 0 spiro atoms. The van der Waals surface area contributed by atoms with Crippen LogP contribution in [-0.4, -0.2) is 80.9 Å². The topological polar surface area (TPSA) is 66.4 Å². The number of hydroxylamine groups is 3. The summed E-state index contributed by atoms with van der Waals surface area (Å²) >= 11 is 0. The lowest BCUT2D eigenvalue weighted by molar-refractivity contribution is -1.07. The summed E-state index contributed by atoms with van der Waals surface area (Å²) < 4.78 is 0.937. The maximum Gasteiger partial charge on any atom is 0.219 e. The Kier molecular flexibility index (Phi) is 21.1. The van der Waals surface area contributed by atoms with Crippen molar-refractivity contribution in [3.05, 3.63) is 12.2 Å². The summed E-state index contributed by atoms with van der Waals surface area (Å²) in [6, 6.07) is 0. The fourth-order valence-electron chi connectivity index (χ4n) is 4.24. The maximum atomic E-state index is 11.9. The van der Waals surface area contributed by atoms with E-state index in [-0.39, 0.29) is 10.6 Å². The summed E-state index contributed by atoms with van der Waals surface area (Å²) in [6.45, 7) is 2.60. The normalized spacial score (nSPS) is 12.4. The number of allylic oxidation sites excluding steroid dienone is 2. The van der Waals surface area contributed by atoms with Gasteiger partial charge in [0.25, 0.3) is 0 Å². The van der Waals surface area contributed by atoms with Gasteiger partial charge in [-0.05, 0) is 51.4 Å². The highest BCUT2D eigenvalue weighted by Gasteiger charge is 2.10. The third kappa shape index (κ3) is 29.0. The van der Waals surface area contributed by atoms with Gasteiger partial charge in [-0.15, -0.1) is 0 Å². The molecule has 0 bridgehead atoms. The minimum atomic E-state index is -0.0100. The Morgan fingerprint density at radius 3 is 1.61 bits per heavy atom. The number of quaternary nitrogens is 2. The van der Waals surface area contributed by atoms with Crippen LogP contribution in [-0.2, 0) is 9.59 Å². The van der Waals surface area contributed by atoms with Gasteiger partial charge in [0.05, 0.1) is 41.8 Å². The van der Waals surface area contributed by atoms with Crippen LogP contribution in [0.3, 0.4) is 0 Å². The van der Waals surface area contributed by atoms with Crippen LogP contribution in [0.2, 0.25) is 0 Å². The van der Waals surface area contributed by atoms with Gasteiger partial charge in [-0.1, -0.05) is 50.7 Å². The Hall–Kier alpha value is -1.24. The summed E-state index contributed by atoms with van der Waals surface area (Å²) in [5, 5.41) is 12.7. The Morgan fingerprint density at radius 1 is 0.611 bits per heavy atom. The van der Waals surface area contributed by atoms with Crippen LogP contribution >= 0.6 is 0 Å². The lowest BCUT2D eigenvalue weighted by Gasteiger charge is -2.23. The predicted octanol–water partition coefficient (Wildman–Crippen LogP) is 6.42. The van der Waals surface area contributed by atoms with Crippen molar-refractivity contribution in [2.45, 2.75) is 116 Å². The van der Waals surface area contributed by atoms with Gasteiger partial charge in [0.2, 0.25) is 5.91 Å². The predicted molar refractivity (Wildman–Crippen MR) is 152 cm³/mol. The Morgan fingerprint density at radius 2 is 1.08 bits per heavy atom. The van der Waals surface area contributed by atoms with Crippen molar-refractivity contribution in [2.75, 3.05) is 54.9 Å². The number of rotatable bonds is 25. The SMILES string of the molecule is C[N+](C)(C)CCCNC(=O)CCCCCCC/C=C/CCCCCCCC(=O)CCCC[N+](C)(C)O. The first-order chi connectivity index (χ1) is 17.0. The molecule has 0 aliphatic carbocycles. The molecule has 0 aromatic rings. The van der Waals surface area contributed by atoms with E-state index in [9.17, 15) is 14.8 Å². The maximum absolute atomic E-state index is 11.9. The molecule has 0 unspecified atom stereocenters. The van der Waals surface area contributed by atoms with Crippen molar-refractivity contribution in [1.82, 2.24) is 5.32 Å². The van der Waals surface area contributed by atoms with E-state index in [0.717, 1.165) is 68.9 Å². The monoisotopic (exact) mass is 511 g/mol. The molecular formula is C30H61N3O3+2. The number of carbonyl (C=O) groups is 2. The van der Waals surface area contributed by atoms with Crippen molar-refractivity contribution >= 4 is 11.7 Å². The van der Waals surface area contributed by atoms with Crippen LogP contribution in [0.15, 0.2) is 12.2 Å². The highest BCUT2D eigenvalue weighted by Crippen LogP contribution is 2.11. The molecule has 0 rings (SSSR count). The van der Waals surface area contributed by atoms with Crippen LogP contribution in [0.5, 0.6) is 0 Å². The molecule has 6 nitrogen and oxygen atoms in total. The van der Waals surface area contributed by atoms with E-state index in [1.807, 2.05) is 0 Å². The zero-order valence-electron chi connectivity index (χ0n) is 24.7. The first-order valence-electron chi connectivity index (χ1n) is 14.8. The molecule has 0 aliphatic rings. The van der Waals surface area contributed by atoms with E-state index in [4.69, 9.17) is 0 Å². The second-order valence-electron chi connectivity index (χ2n) is 12.1. The molecule has 212 valence electrons. The average Bonchev–Trinajstić information content (AvgIpc) is 2.78. The van der Waals surface area contributed by atoms with Gasteiger partial charge >= 0.3 is 0 Å². The molecule has 0 radical (unpaired) electrons. The van der Waals surface area contributed by atoms with Crippen LogP contribution in [0.1, 0.15) is 116 Å². The number of unbranched alkanes of at least 4 members (excludes halogenated alkanes) is 11. The van der Waals surface area contributed by atoms with Crippen LogP contribution in [0.4, 0.5) is 0 Å². The van der Waals surface area contributed by atoms with Crippen molar-refractivity contribution in [3.8, 4) is 0 Å². The number of nitrogens with one attached hydrogen (secondary N) is 1. The van der Waals surface area contributed by atoms with Crippen molar-refractivity contribution in [3.63, 3.8) is 0 Å². The second-order valence-corrected chi connectivity index (χ2v) is 12.1. The number of nitrogens with zero attached hydrogens (tertiary/aromatic N) is 2. The van der Waals surface area contributed by atoms with Gasteiger partial charge < -0.3 is 9.80 Å². The number of hydrogen-bond acceptors (Lipinski definition) is 3. The fourth-order valence-corrected chi connectivity index (χ4v) is 4.24. The number of hydrogen-bond donors (Lipinski definition) is 2. The smallest absolute Gasteiger partial charge is 0.219 e. The van der Waals surface area contributed by atoms with Gasteiger partial charge in [0.15, 0.2) is 0 Å². The molecule has 0 heterocycles. The molecule has 0 aromatic heterocycles. The zero-order chi connectivity index (χ0) is 27.1. The van der Waals surface area contributed by atoms with Gasteiger partial charge in [-0.3, -0.25) is 9.59 Å². The Labute approximate surface area is 223 Å². The van der Waals surface area contributed by atoms with Crippen molar-refractivity contribution < 1.29 is 23.9 Å². The van der Waals surface area contributed by atoms with Crippen molar-refractivity contribution in [2.24, 2.45) is 0 Å². The van der Waals surface area contributed by atoms with E-state index in [1.54, 1.807) is 14.1 Å². The largest absolute Gasteiger partial charge is 0.356 e. The average molecular weight is 512 g/mol. The number of Topliss-reactive ketones (excluding diaryl/α,β-unsaturated/α-hetero) is 1. The molecule has 2 N–H and O–H groups in total. The summed E-state index contributed by atoms with van der Waals surface area (Å²) in [7, 11) is 10.1. The van der Waals surface area contributed by atoms with Gasteiger partial charge in [-0.25, -0.2) is 5.21 Å². The quantitative estimate of drug-likeness (QED) is 0.0643. The molecule has 0 fully saturated rings. The molecule has 0 atom stereocenters. The van der Waals surface area contributed by atoms with E-state index in [2.05, 4.69) is 38.6 Å². The summed E-state index contributed by atoms with van der Waals surface area (Å²) in [5.41, 5.74) is 0. The first-order valence-corrected chi connectivity index (χ1v) is 14.8. The number of amides is 1. The zero-order valence-corrected chi connectivity index (χ0v) is 24.7.